The van der Waals surface area contributed by atoms with Crippen LogP contribution in [0.3, 0.4) is 0 Å². The molecule has 2 rings (SSSR count). The molecular formula is C19H23N5O. The molecule has 0 unspecified atom stereocenters. The van der Waals surface area contributed by atoms with Crippen LogP contribution in [0.1, 0.15) is 27.2 Å². The summed E-state index contributed by atoms with van der Waals surface area (Å²) in [4.78, 5) is 27.0. The van der Waals surface area contributed by atoms with Crippen LogP contribution in [0.4, 0.5) is 5.69 Å². The first-order chi connectivity index (χ1) is 12.0. The maximum absolute atomic E-state index is 12.5. The van der Waals surface area contributed by atoms with Crippen LogP contribution in [0, 0.1) is 0 Å². The maximum Gasteiger partial charge on any atom is 0.272 e. The molecule has 0 spiro atoms. The van der Waals surface area contributed by atoms with Gasteiger partial charge in [0.1, 0.15) is 11.4 Å². The molecule has 2 aromatic heterocycles. The van der Waals surface area contributed by atoms with E-state index in [4.69, 9.17) is 0 Å². The second-order valence-electron chi connectivity index (χ2n) is 5.58. The molecule has 0 fully saturated rings. The summed E-state index contributed by atoms with van der Waals surface area (Å²) in [6, 6.07) is 5.55. The zero-order valence-electron chi connectivity index (χ0n) is 15.0. The van der Waals surface area contributed by atoms with Gasteiger partial charge >= 0.3 is 0 Å². The van der Waals surface area contributed by atoms with Crippen LogP contribution >= 0.6 is 0 Å². The van der Waals surface area contributed by atoms with Crippen LogP contribution in [0.15, 0.2) is 60.3 Å². The largest absolute Gasteiger partial charge is 0.347 e. The molecule has 6 nitrogen and oxygen atoms in total. The van der Waals surface area contributed by atoms with Crippen molar-refractivity contribution in [2.24, 2.45) is 0 Å². The molecule has 25 heavy (non-hydrogen) atoms. The van der Waals surface area contributed by atoms with E-state index in [0.29, 0.717) is 22.9 Å². The van der Waals surface area contributed by atoms with Gasteiger partial charge in [-0.25, -0.2) is 9.97 Å². The van der Waals surface area contributed by atoms with Crippen molar-refractivity contribution in [1.82, 2.24) is 19.9 Å². The number of nitrogens with zero attached hydrogens (tertiary/aromatic N) is 4. The van der Waals surface area contributed by atoms with E-state index in [0.717, 1.165) is 6.42 Å². The number of nitrogens with one attached hydrogen (secondary N) is 1. The number of pyridine rings is 1. The molecule has 2 heterocycles. The number of carbonyl (C=O) groups is 1. The summed E-state index contributed by atoms with van der Waals surface area (Å²) in [6.45, 7) is 5.95. The topological polar surface area (TPSA) is 71.0 Å². The Bertz CT molecular complexity index is 766. The predicted molar refractivity (Wildman–Crippen MR) is 99.5 cm³/mol. The molecule has 2 aromatic rings. The summed E-state index contributed by atoms with van der Waals surface area (Å²) < 4.78 is 0. The molecule has 0 saturated heterocycles. The van der Waals surface area contributed by atoms with Crippen molar-refractivity contribution >= 4 is 11.6 Å². The van der Waals surface area contributed by atoms with Crippen LogP contribution < -0.4 is 5.32 Å². The van der Waals surface area contributed by atoms with Crippen molar-refractivity contribution in [3.63, 3.8) is 0 Å². The average molecular weight is 337 g/mol. The predicted octanol–water partition coefficient (Wildman–Crippen LogP) is 3.63. The molecule has 1 N–H and O–H groups in total. The fourth-order valence-electron chi connectivity index (χ4n) is 2.20. The van der Waals surface area contributed by atoms with Gasteiger partial charge in [-0.05, 0) is 32.4 Å². The van der Waals surface area contributed by atoms with Gasteiger partial charge in [0.15, 0.2) is 5.82 Å². The Morgan fingerprint density at radius 3 is 2.52 bits per heavy atom. The molecule has 0 bridgehead atoms. The van der Waals surface area contributed by atoms with Gasteiger partial charge < -0.3 is 10.2 Å². The van der Waals surface area contributed by atoms with Gasteiger partial charge in [0.05, 0.1) is 18.1 Å². The molecule has 1 amide bonds. The summed E-state index contributed by atoms with van der Waals surface area (Å²) in [7, 11) is 1.86. The summed E-state index contributed by atoms with van der Waals surface area (Å²) in [5.74, 6) is 0.308. The van der Waals surface area contributed by atoms with Gasteiger partial charge in [0.2, 0.25) is 0 Å². The van der Waals surface area contributed by atoms with Gasteiger partial charge in [-0.2, -0.15) is 0 Å². The Labute approximate surface area is 148 Å². The van der Waals surface area contributed by atoms with Crippen molar-refractivity contribution < 1.29 is 4.79 Å². The minimum Gasteiger partial charge on any atom is -0.347 e. The molecule has 0 aliphatic carbocycles. The SMILES string of the molecule is C/C=C(/C(=O)Nc1cnc(-c2ccccn2)nc1)N(C)/C=C(\C)CC. The normalized spacial score (nSPS) is 12.0. The average Bonchev–Trinajstić information content (AvgIpc) is 2.63. The number of hydrogen-bond acceptors (Lipinski definition) is 5. The minimum atomic E-state index is -0.209. The van der Waals surface area contributed by atoms with Gasteiger partial charge in [0.25, 0.3) is 5.91 Å². The van der Waals surface area contributed by atoms with Gasteiger partial charge in [-0.15, -0.1) is 0 Å². The second-order valence-corrected chi connectivity index (χ2v) is 5.58. The molecular weight excluding hydrogens is 314 g/mol. The highest BCUT2D eigenvalue weighted by Crippen LogP contribution is 2.14. The molecule has 0 saturated carbocycles. The van der Waals surface area contributed by atoms with Crippen molar-refractivity contribution in [3.8, 4) is 11.5 Å². The summed E-state index contributed by atoms with van der Waals surface area (Å²) >= 11 is 0. The van der Waals surface area contributed by atoms with Crippen LogP contribution in [0.25, 0.3) is 11.5 Å². The number of likely N-dealkylation sites (N-methyl/N-ethyl adjacent to an activating group) is 1. The standard InChI is InChI=1S/C19H23N5O/c1-5-14(3)13-24(4)17(6-2)19(25)23-15-11-21-18(22-12-15)16-9-7-8-10-20-16/h6-13H,5H2,1-4H3,(H,23,25)/b14-13+,17-6-. The highest BCUT2D eigenvalue weighted by Gasteiger charge is 2.13. The lowest BCUT2D eigenvalue weighted by Crippen LogP contribution is -2.24. The molecule has 6 heteroatoms. The van der Waals surface area contributed by atoms with Crippen molar-refractivity contribution in [1.29, 1.82) is 0 Å². The van der Waals surface area contributed by atoms with E-state index >= 15 is 0 Å². The Morgan fingerprint density at radius 2 is 1.96 bits per heavy atom. The van der Waals surface area contributed by atoms with E-state index in [1.165, 1.54) is 5.57 Å². The van der Waals surface area contributed by atoms with Gasteiger partial charge in [-0.3, -0.25) is 9.78 Å². The third-order valence-electron chi connectivity index (χ3n) is 3.66. The van der Waals surface area contributed by atoms with Crippen molar-refractivity contribution in [2.45, 2.75) is 27.2 Å². The van der Waals surface area contributed by atoms with E-state index in [9.17, 15) is 4.79 Å². The summed E-state index contributed by atoms with van der Waals surface area (Å²) in [5.41, 5.74) is 2.97. The highest BCUT2D eigenvalue weighted by atomic mass is 16.2. The summed E-state index contributed by atoms with van der Waals surface area (Å²) in [6.07, 6.45) is 9.51. The molecule has 0 aliphatic rings. The monoisotopic (exact) mass is 337 g/mol. The third kappa shape index (κ3) is 4.97. The Morgan fingerprint density at radius 1 is 1.24 bits per heavy atom. The Hall–Kier alpha value is -3.02. The lowest BCUT2D eigenvalue weighted by molar-refractivity contribution is -0.113. The number of anilines is 1. The van der Waals surface area contributed by atoms with E-state index in [1.807, 2.05) is 50.2 Å². The number of aromatic nitrogens is 3. The number of rotatable bonds is 6. The van der Waals surface area contributed by atoms with Crippen LogP contribution in [0.2, 0.25) is 0 Å². The lowest BCUT2D eigenvalue weighted by atomic mass is 10.2. The first kappa shape index (κ1) is 18.3. The number of hydrogen-bond donors (Lipinski definition) is 1. The fraction of sp³-hybridized carbons (Fsp3) is 0.263. The molecule has 0 aromatic carbocycles. The number of amides is 1. The lowest BCUT2D eigenvalue weighted by Gasteiger charge is -2.18. The zero-order chi connectivity index (χ0) is 18.2. The first-order valence-corrected chi connectivity index (χ1v) is 8.16. The van der Waals surface area contributed by atoms with Crippen LogP contribution in [-0.4, -0.2) is 32.8 Å². The smallest absolute Gasteiger partial charge is 0.272 e. The van der Waals surface area contributed by atoms with Crippen molar-refractivity contribution in [2.75, 3.05) is 12.4 Å². The minimum absolute atomic E-state index is 0.209. The first-order valence-electron chi connectivity index (χ1n) is 8.16. The molecule has 0 aliphatic heterocycles. The third-order valence-corrected chi connectivity index (χ3v) is 3.66. The maximum atomic E-state index is 12.5. The summed E-state index contributed by atoms with van der Waals surface area (Å²) in [5, 5.41) is 2.82. The fourth-order valence-corrected chi connectivity index (χ4v) is 2.20. The molecule has 0 radical (unpaired) electrons. The van der Waals surface area contributed by atoms with Crippen LogP contribution in [0.5, 0.6) is 0 Å². The van der Waals surface area contributed by atoms with E-state index in [2.05, 4.69) is 27.2 Å². The van der Waals surface area contributed by atoms with E-state index in [-0.39, 0.29) is 5.91 Å². The second kappa shape index (κ2) is 8.73. The van der Waals surface area contributed by atoms with Gasteiger partial charge in [-0.1, -0.05) is 24.6 Å². The Kier molecular flexibility index (Phi) is 6.39. The zero-order valence-corrected chi connectivity index (χ0v) is 15.0. The van der Waals surface area contributed by atoms with Crippen LogP contribution in [-0.2, 0) is 4.79 Å². The Balaban J connectivity index is 2.09. The molecule has 0 atom stereocenters. The van der Waals surface area contributed by atoms with E-state index in [1.54, 1.807) is 24.7 Å². The quantitative estimate of drug-likeness (QED) is 0.815. The van der Waals surface area contributed by atoms with E-state index < -0.39 is 0 Å². The molecule has 130 valence electrons. The highest BCUT2D eigenvalue weighted by molar-refractivity contribution is 6.03. The van der Waals surface area contributed by atoms with Crippen molar-refractivity contribution in [3.05, 3.63) is 60.3 Å². The number of allylic oxidation sites excluding steroid dienone is 2. The number of carbonyl (C=O) groups excluding carboxylic acids is 1. The van der Waals surface area contributed by atoms with Gasteiger partial charge in [0, 0.05) is 19.4 Å².